The monoisotopic (exact) mass is 331 g/mol. The van der Waals surface area contributed by atoms with Gasteiger partial charge in [-0.3, -0.25) is 9.89 Å². The normalized spacial score (nSPS) is 16.8. The Morgan fingerprint density at radius 2 is 2.25 bits per heavy atom. The van der Waals surface area contributed by atoms with Gasteiger partial charge < -0.3 is 19.5 Å². The largest absolute Gasteiger partial charge is 0.497 e. The number of aromatic amines is 1. The Labute approximate surface area is 140 Å². The Morgan fingerprint density at radius 1 is 1.38 bits per heavy atom. The molecule has 1 aromatic heterocycles. The molecule has 2 heterocycles. The molecule has 0 bridgehead atoms. The van der Waals surface area contributed by atoms with E-state index in [-0.39, 0.29) is 12.0 Å². The summed E-state index contributed by atoms with van der Waals surface area (Å²) in [6.45, 7) is 1.28. The molecule has 0 radical (unpaired) electrons. The number of hydrogen-bond acceptors (Lipinski definition) is 5. The molecule has 1 aromatic carbocycles. The number of amides is 1. The molecule has 128 valence electrons. The van der Waals surface area contributed by atoms with Crippen molar-refractivity contribution in [1.29, 1.82) is 0 Å². The zero-order chi connectivity index (χ0) is 16.9. The van der Waals surface area contributed by atoms with Gasteiger partial charge in [0.05, 0.1) is 26.0 Å². The minimum Gasteiger partial charge on any atom is -0.497 e. The quantitative estimate of drug-likeness (QED) is 0.846. The SMILES string of the molecule is COc1ccc(-c2cc(C(=O)NCC3CCCO3)[nH]n2)c(OC)c1. The summed E-state index contributed by atoms with van der Waals surface area (Å²) in [5, 5.41) is 9.85. The van der Waals surface area contributed by atoms with Crippen LogP contribution in [0.25, 0.3) is 11.3 Å². The number of nitrogens with one attached hydrogen (secondary N) is 2. The number of carbonyl (C=O) groups excluding carboxylic acids is 1. The fourth-order valence-electron chi connectivity index (χ4n) is 2.69. The van der Waals surface area contributed by atoms with Crippen molar-refractivity contribution < 1.29 is 19.0 Å². The fourth-order valence-corrected chi connectivity index (χ4v) is 2.69. The number of methoxy groups -OCH3 is 2. The second-order valence-corrected chi connectivity index (χ2v) is 5.58. The van der Waals surface area contributed by atoms with Gasteiger partial charge in [-0.25, -0.2) is 0 Å². The van der Waals surface area contributed by atoms with Crippen molar-refractivity contribution in [2.75, 3.05) is 27.4 Å². The Kier molecular flexibility index (Phi) is 5.00. The van der Waals surface area contributed by atoms with E-state index in [1.54, 1.807) is 26.4 Å². The molecule has 7 nitrogen and oxygen atoms in total. The molecule has 3 rings (SSSR count). The Balaban J connectivity index is 1.71. The van der Waals surface area contributed by atoms with Crippen molar-refractivity contribution in [3.05, 3.63) is 30.0 Å². The molecule has 0 aliphatic carbocycles. The molecule has 1 amide bonds. The van der Waals surface area contributed by atoms with Crippen LogP contribution >= 0.6 is 0 Å². The van der Waals surface area contributed by atoms with Gasteiger partial charge in [0, 0.05) is 24.8 Å². The number of carbonyl (C=O) groups is 1. The summed E-state index contributed by atoms with van der Waals surface area (Å²) >= 11 is 0. The minimum absolute atomic E-state index is 0.109. The highest BCUT2D eigenvalue weighted by Gasteiger charge is 2.18. The van der Waals surface area contributed by atoms with Gasteiger partial charge in [-0.05, 0) is 31.0 Å². The number of H-pyrrole nitrogens is 1. The Bertz CT molecular complexity index is 708. The van der Waals surface area contributed by atoms with Crippen LogP contribution in [-0.4, -0.2) is 49.6 Å². The van der Waals surface area contributed by atoms with Crippen LogP contribution in [0.1, 0.15) is 23.3 Å². The highest BCUT2D eigenvalue weighted by molar-refractivity contribution is 5.93. The van der Waals surface area contributed by atoms with Gasteiger partial charge in [0.15, 0.2) is 0 Å². The molecule has 2 N–H and O–H groups in total. The molecule has 0 spiro atoms. The van der Waals surface area contributed by atoms with E-state index in [0.29, 0.717) is 29.4 Å². The number of ether oxygens (including phenoxy) is 3. The first kappa shape index (κ1) is 16.3. The first-order valence-electron chi connectivity index (χ1n) is 7.89. The third kappa shape index (κ3) is 3.51. The third-order valence-electron chi connectivity index (χ3n) is 4.02. The molecule has 2 aromatic rings. The van der Waals surface area contributed by atoms with Gasteiger partial charge in [-0.1, -0.05) is 0 Å². The van der Waals surface area contributed by atoms with Crippen LogP contribution < -0.4 is 14.8 Å². The second kappa shape index (κ2) is 7.35. The maximum Gasteiger partial charge on any atom is 0.269 e. The van der Waals surface area contributed by atoms with E-state index in [9.17, 15) is 4.79 Å². The van der Waals surface area contributed by atoms with Gasteiger partial charge in [-0.2, -0.15) is 5.10 Å². The van der Waals surface area contributed by atoms with Gasteiger partial charge >= 0.3 is 0 Å². The van der Waals surface area contributed by atoms with Gasteiger partial charge in [0.2, 0.25) is 0 Å². The van der Waals surface area contributed by atoms with E-state index in [4.69, 9.17) is 14.2 Å². The van der Waals surface area contributed by atoms with E-state index >= 15 is 0 Å². The average molecular weight is 331 g/mol. The molecule has 1 atom stereocenters. The van der Waals surface area contributed by atoms with Crippen LogP contribution in [0.15, 0.2) is 24.3 Å². The summed E-state index contributed by atoms with van der Waals surface area (Å²) in [7, 11) is 3.18. The van der Waals surface area contributed by atoms with Crippen molar-refractivity contribution in [1.82, 2.24) is 15.5 Å². The van der Waals surface area contributed by atoms with E-state index in [0.717, 1.165) is 25.0 Å². The van der Waals surface area contributed by atoms with E-state index in [1.165, 1.54) is 0 Å². The molecular formula is C17H21N3O4. The van der Waals surface area contributed by atoms with Crippen molar-refractivity contribution in [3.63, 3.8) is 0 Å². The van der Waals surface area contributed by atoms with Crippen LogP contribution in [0, 0.1) is 0 Å². The molecule has 0 saturated carbocycles. The summed E-state index contributed by atoms with van der Waals surface area (Å²) < 4.78 is 16.1. The molecule has 1 fully saturated rings. The molecular weight excluding hydrogens is 310 g/mol. The van der Waals surface area contributed by atoms with Crippen LogP contribution in [0.3, 0.4) is 0 Å². The molecule has 1 unspecified atom stereocenters. The smallest absolute Gasteiger partial charge is 0.269 e. The topological polar surface area (TPSA) is 85.5 Å². The number of nitrogens with zero attached hydrogens (tertiary/aromatic N) is 1. The van der Waals surface area contributed by atoms with Crippen molar-refractivity contribution in [2.24, 2.45) is 0 Å². The molecule has 7 heteroatoms. The molecule has 1 aliphatic heterocycles. The molecule has 24 heavy (non-hydrogen) atoms. The van der Waals surface area contributed by atoms with Crippen LogP contribution in [-0.2, 0) is 4.74 Å². The maximum atomic E-state index is 12.2. The number of benzene rings is 1. The van der Waals surface area contributed by atoms with E-state index in [1.807, 2.05) is 12.1 Å². The van der Waals surface area contributed by atoms with Gasteiger partial charge in [0.25, 0.3) is 5.91 Å². The summed E-state index contributed by atoms with van der Waals surface area (Å²) in [5.74, 6) is 1.13. The van der Waals surface area contributed by atoms with Gasteiger partial charge in [0.1, 0.15) is 17.2 Å². The maximum absolute atomic E-state index is 12.2. The highest BCUT2D eigenvalue weighted by Crippen LogP contribution is 2.32. The van der Waals surface area contributed by atoms with E-state index < -0.39 is 0 Å². The predicted octanol–water partition coefficient (Wildman–Crippen LogP) is 2.00. The van der Waals surface area contributed by atoms with Crippen LogP contribution in [0.2, 0.25) is 0 Å². The van der Waals surface area contributed by atoms with Crippen molar-refractivity contribution >= 4 is 5.91 Å². The zero-order valence-corrected chi connectivity index (χ0v) is 13.8. The number of hydrogen-bond donors (Lipinski definition) is 2. The summed E-state index contributed by atoms with van der Waals surface area (Å²) in [5.41, 5.74) is 1.82. The van der Waals surface area contributed by atoms with Crippen molar-refractivity contribution in [3.8, 4) is 22.8 Å². The number of rotatable bonds is 6. The first-order valence-corrected chi connectivity index (χ1v) is 7.89. The van der Waals surface area contributed by atoms with Crippen molar-refractivity contribution in [2.45, 2.75) is 18.9 Å². The lowest BCUT2D eigenvalue weighted by molar-refractivity contribution is 0.0853. The highest BCUT2D eigenvalue weighted by atomic mass is 16.5. The standard InChI is InChI=1S/C17H21N3O4/c1-22-11-5-6-13(16(8-11)23-2)14-9-15(20-19-14)17(21)18-10-12-4-3-7-24-12/h5-6,8-9,12H,3-4,7,10H2,1-2H3,(H,18,21)(H,19,20). The lowest BCUT2D eigenvalue weighted by Crippen LogP contribution is -2.31. The Morgan fingerprint density at radius 3 is 2.96 bits per heavy atom. The zero-order valence-electron chi connectivity index (χ0n) is 13.8. The minimum atomic E-state index is -0.197. The molecule has 1 aliphatic rings. The second-order valence-electron chi connectivity index (χ2n) is 5.58. The number of aromatic nitrogens is 2. The van der Waals surface area contributed by atoms with Gasteiger partial charge in [-0.15, -0.1) is 0 Å². The average Bonchev–Trinajstić information content (AvgIpc) is 3.30. The fraction of sp³-hybridized carbons (Fsp3) is 0.412. The lowest BCUT2D eigenvalue weighted by atomic mass is 10.1. The summed E-state index contributed by atoms with van der Waals surface area (Å²) in [4.78, 5) is 12.2. The third-order valence-corrected chi connectivity index (χ3v) is 4.02. The van der Waals surface area contributed by atoms with Crippen LogP contribution in [0.4, 0.5) is 0 Å². The lowest BCUT2D eigenvalue weighted by Gasteiger charge is -2.09. The molecule has 1 saturated heterocycles. The Hall–Kier alpha value is -2.54. The summed E-state index contributed by atoms with van der Waals surface area (Å²) in [6, 6.07) is 7.15. The van der Waals surface area contributed by atoms with E-state index in [2.05, 4.69) is 15.5 Å². The van der Waals surface area contributed by atoms with Crippen LogP contribution in [0.5, 0.6) is 11.5 Å². The summed E-state index contributed by atoms with van der Waals surface area (Å²) in [6.07, 6.45) is 2.14. The predicted molar refractivity (Wildman–Crippen MR) is 88.4 cm³/mol. The first-order chi connectivity index (χ1) is 11.7.